The van der Waals surface area contributed by atoms with E-state index in [1.54, 1.807) is 7.11 Å². The monoisotopic (exact) mass is 232 g/mol. The second-order valence-electron chi connectivity index (χ2n) is 3.87. The lowest BCUT2D eigenvalue weighted by Gasteiger charge is -2.17. The first-order valence-corrected chi connectivity index (χ1v) is 5.76. The number of nitrogens with one attached hydrogen (secondary N) is 1. The van der Waals surface area contributed by atoms with Crippen LogP contribution in [0.5, 0.6) is 0 Å². The van der Waals surface area contributed by atoms with Crippen LogP contribution in [0.25, 0.3) is 0 Å². The Balaban J connectivity index is 2.67. The van der Waals surface area contributed by atoms with Gasteiger partial charge in [0.25, 0.3) is 0 Å². The van der Waals surface area contributed by atoms with Crippen molar-refractivity contribution in [2.75, 3.05) is 20.2 Å². The van der Waals surface area contributed by atoms with Crippen LogP contribution < -0.4 is 11.1 Å². The van der Waals surface area contributed by atoms with Crippen molar-refractivity contribution < 1.29 is 4.74 Å². The van der Waals surface area contributed by atoms with Gasteiger partial charge < -0.3 is 15.8 Å². The van der Waals surface area contributed by atoms with Crippen LogP contribution in [0.15, 0.2) is 24.3 Å². The number of methoxy groups -OCH3 is 1. The molecule has 0 heterocycles. The van der Waals surface area contributed by atoms with Gasteiger partial charge >= 0.3 is 0 Å². The van der Waals surface area contributed by atoms with Crippen LogP contribution in [-0.2, 0) is 11.3 Å². The maximum Gasteiger partial charge on any atom is 0.0713 e. The lowest BCUT2D eigenvalue weighted by atomic mass is 10.0. The first kappa shape index (κ1) is 13.7. The highest BCUT2D eigenvalue weighted by Crippen LogP contribution is 2.14. The van der Waals surface area contributed by atoms with E-state index in [-0.39, 0.29) is 6.04 Å². The minimum Gasteiger partial charge on any atom is -0.380 e. The van der Waals surface area contributed by atoms with E-state index in [4.69, 9.17) is 16.9 Å². The molecule has 3 heteroatoms. The maximum atomic E-state index is 5.77. The van der Waals surface area contributed by atoms with E-state index >= 15 is 0 Å². The number of hydrogen-bond acceptors (Lipinski definition) is 3. The lowest BCUT2D eigenvalue weighted by molar-refractivity contribution is 0.185. The van der Waals surface area contributed by atoms with E-state index in [0.717, 1.165) is 12.1 Å². The zero-order valence-electron chi connectivity index (χ0n) is 10.3. The fraction of sp³-hybridized carbons (Fsp3) is 0.429. The van der Waals surface area contributed by atoms with Crippen LogP contribution in [0.4, 0.5) is 0 Å². The Morgan fingerprint density at radius 2 is 2.35 bits per heavy atom. The summed E-state index contributed by atoms with van der Waals surface area (Å²) in [5.74, 6) is 2.61. The standard InChI is InChI=1S/C14H20N2O/c1-3-4-8-16-14(10-15)13-7-5-6-12(9-13)11-17-2/h1,5-7,9,14,16H,4,8,10-11,15H2,2H3. The molecule has 0 aliphatic carbocycles. The molecule has 0 saturated heterocycles. The molecule has 1 unspecified atom stereocenters. The zero-order chi connectivity index (χ0) is 12.5. The summed E-state index contributed by atoms with van der Waals surface area (Å²) in [5, 5.41) is 3.35. The molecule has 3 nitrogen and oxygen atoms in total. The van der Waals surface area contributed by atoms with Crippen molar-refractivity contribution in [1.82, 2.24) is 5.32 Å². The Kier molecular flexibility index (Phi) is 6.34. The Morgan fingerprint density at radius 3 is 3.00 bits per heavy atom. The molecular formula is C14H20N2O. The highest BCUT2D eigenvalue weighted by atomic mass is 16.5. The highest BCUT2D eigenvalue weighted by Gasteiger charge is 2.08. The van der Waals surface area contributed by atoms with Gasteiger partial charge in [0.15, 0.2) is 0 Å². The zero-order valence-corrected chi connectivity index (χ0v) is 10.3. The first-order valence-electron chi connectivity index (χ1n) is 5.76. The molecule has 0 amide bonds. The van der Waals surface area contributed by atoms with Gasteiger partial charge in [0.1, 0.15) is 0 Å². The Morgan fingerprint density at radius 1 is 1.53 bits per heavy atom. The largest absolute Gasteiger partial charge is 0.380 e. The fourth-order valence-electron chi connectivity index (χ4n) is 1.72. The van der Waals surface area contributed by atoms with Crippen LogP contribution >= 0.6 is 0 Å². The van der Waals surface area contributed by atoms with Gasteiger partial charge in [-0.2, -0.15) is 0 Å². The van der Waals surface area contributed by atoms with Crippen LogP contribution in [-0.4, -0.2) is 20.2 Å². The fourth-order valence-corrected chi connectivity index (χ4v) is 1.72. The molecular weight excluding hydrogens is 212 g/mol. The summed E-state index contributed by atoms with van der Waals surface area (Å²) < 4.78 is 5.12. The van der Waals surface area contributed by atoms with E-state index in [1.807, 2.05) is 12.1 Å². The molecule has 1 atom stereocenters. The van der Waals surface area contributed by atoms with E-state index in [1.165, 1.54) is 5.56 Å². The molecule has 92 valence electrons. The van der Waals surface area contributed by atoms with Crippen molar-refractivity contribution in [1.29, 1.82) is 0 Å². The normalized spacial score (nSPS) is 12.1. The molecule has 1 aromatic carbocycles. The van der Waals surface area contributed by atoms with Crippen molar-refractivity contribution in [3.63, 3.8) is 0 Å². The van der Waals surface area contributed by atoms with Gasteiger partial charge in [0.2, 0.25) is 0 Å². The molecule has 0 fully saturated rings. The average Bonchev–Trinajstić information content (AvgIpc) is 2.35. The Labute approximate surface area is 103 Å². The minimum absolute atomic E-state index is 0.153. The summed E-state index contributed by atoms with van der Waals surface area (Å²) in [5.41, 5.74) is 8.10. The number of hydrogen-bond donors (Lipinski definition) is 2. The minimum atomic E-state index is 0.153. The summed E-state index contributed by atoms with van der Waals surface area (Å²) in [6.07, 6.45) is 5.94. The van der Waals surface area contributed by atoms with Gasteiger partial charge in [-0.3, -0.25) is 0 Å². The molecule has 0 aliphatic rings. The van der Waals surface area contributed by atoms with E-state index in [2.05, 4.69) is 23.4 Å². The van der Waals surface area contributed by atoms with Crippen molar-refractivity contribution in [2.45, 2.75) is 19.1 Å². The summed E-state index contributed by atoms with van der Waals surface area (Å²) in [6.45, 7) is 1.96. The molecule has 17 heavy (non-hydrogen) atoms. The van der Waals surface area contributed by atoms with Crippen molar-refractivity contribution in [3.05, 3.63) is 35.4 Å². The van der Waals surface area contributed by atoms with Crippen LogP contribution in [0, 0.1) is 12.3 Å². The van der Waals surface area contributed by atoms with Gasteiger partial charge in [0, 0.05) is 32.7 Å². The number of ether oxygens (including phenoxy) is 1. The lowest BCUT2D eigenvalue weighted by Crippen LogP contribution is -2.28. The molecule has 0 aliphatic heterocycles. The molecule has 0 aromatic heterocycles. The molecule has 0 spiro atoms. The molecule has 0 saturated carbocycles. The summed E-state index contributed by atoms with van der Waals surface area (Å²) in [6, 6.07) is 8.40. The van der Waals surface area contributed by atoms with Gasteiger partial charge in [-0.05, 0) is 11.1 Å². The van der Waals surface area contributed by atoms with Crippen LogP contribution in [0.2, 0.25) is 0 Å². The number of benzene rings is 1. The van der Waals surface area contributed by atoms with E-state index < -0.39 is 0 Å². The quantitative estimate of drug-likeness (QED) is 0.552. The SMILES string of the molecule is C#CCCNC(CN)c1cccc(COC)c1. The molecule has 1 rings (SSSR count). The smallest absolute Gasteiger partial charge is 0.0713 e. The van der Waals surface area contributed by atoms with Crippen molar-refractivity contribution in [3.8, 4) is 12.3 Å². The second-order valence-corrected chi connectivity index (χ2v) is 3.87. The maximum absolute atomic E-state index is 5.77. The predicted octanol–water partition coefficient (Wildman–Crippen LogP) is 1.45. The third-order valence-corrected chi connectivity index (χ3v) is 2.56. The molecule has 3 N–H and O–H groups in total. The highest BCUT2D eigenvalue weighted by molar-refractivity contribution is 5.26. The average molecular weight is 232 g/mol. The van der Waals surface area contributed by atoms with E-state index in [0.29, 0.717) is 19.6 Å². The van der Waals surface area contributed by atoms with Gasteiger partial charge in [-0.25, -0.2) is 0 Å². The van der Waals surface area contributed by atoms with Gasteiger partial charge in [0.05, 0.1) is 6.61 Å². The topological polar surface area (TPSA) is 47.3 Å². The number of terminal acetylenes is 1. The third-order valence-electron chi connectivity index (χ3n) is 2.56. The van der Waals surface area contributed by atoms with Gasteiger partial charge in [-0.15, -0.1) is 12.3 Å². The van der Waals surface area contributed by atoms with E-state index in [9.17, 15) is 0 Å². The van der Waals surface area contributed by atoms with Crippen molar-refractivity contribution in [2.24, 2.45) is 5.73 Å². The summed E-state index contributed by atoms with van der Waals surface area (Å²) >= 11 is 0. The second kappa shape index (κ2) is 7.86. The number of nitrogens with two attached hydrogens (primary N) is 1. The number of rotatable bonds is 7. The van der Waals surface area contributed by atoms with Crippen LogP contribution in [0.3, 0.4) is 0 Å². The molecule has 1 aromatic rings. The predicted molar refractivity (Wildman–Crippen MR) is 70.4 cm³/mol. The Hall–Kier alpha value is -1.34. The Bertz CT molecular complexity index is 371. The summed E-state index contributed by atoms with van der Waals surface area (Å²) in [7, 11) is 1.69. The molecule has 0 radical (unpaired) electrons. The van der Waals surface area contributed by atoms with Gasteiger partial charge in [-0.1, -0.05) is 24.3 Å². The van der Waals surface area contributed by atoms with Crippen molar-refractivity contribution >= 4 is 0 Å². The summed E-state index contributed by atoms with van der Waals surface area (Å²) in [4.78, 5) is 0. The van der Waals surface area contributed by atoms with Crippen LogP contribution in [0.1, 0.15) is 23.6 Å². The molecule has 0 bridgehead atoms. The first-order chi connectivity index (χ1) is 8.31. The third kappa shape index (κ3) is 4.58.